The smallest absolute Gasteiger partial charge is 0.244 e. The van der Waals surface area contributed by atoms with Gasteiger partial charge in [0.1, 0.15) is 0 Å². The van der Waals surface area contributed by atoms with Crippen LogP contribution in [-0.4, -0.2) is 10.9 Å². The largest absolute Gasteiger partial charge is 0.359 e. The van der Waals surface area contributed by atoms with E-state index >= 15 is 0 Å². The van der Waals surface area contributed by atoms with E-state index in [1.807, 2.05) is 55.5 Å². The zero-order valence-electron chi connectivity index (χ0n) is 12.5. The Morgan fingerprint density at radius 2 is 1.95 bits per heavy atom. The first-order valence-corrected chi connectivity index (χ1v) is 7.30. The first kappa shape index (κ1) is 14.1. The summed E-state index contributed by atoms with van der Waals surface area (Å²) in [6, 6.07) is 18.1. The average molecular weight is 290 g/mol. The number of hydrogen-bond donors (Lipinski definition) is 2. The highest BCUT2D eigenvalue weighted by atomic mass is 16.1. The highest BCUT2D eigenvalue weighted by Gasteiger charge is 2.01. The lowest BCUT2D eigenvalue weighted by Gasteiger charge is -2.03. The second-order valence-corrected chi connectivity index (χ2v) is 5.34. The van der Waals surface area contributed by atoms with Crippen LogP contribution in [-0.2, 0) is 11.3 Å². The van der Waals surface area contributed by atoms with Gasteiger partial charge in [0, 0.05) is 23.8 Å². The molecule has 0 aliphatic rings. The fourth-order valence-electron chi connectivity index (χ4n) is 2.42. The van der Waals surface area contributed by atoms with Crippen molar-refractivity contribution in [3.05, 3.63) is 77.5 Å². The van der Waals surface area contributed by atoms with Crippen LogP contribution in [0.4, 0.5) is 0 Å². The summed E-state index contributed by atoms with van der Waals surface area (Å²) in [7, 11) is 0. The van der Waals surface area contributed by atoms with E-state index in [9.17, 15) is 4.79 Å². The summed E-state index contributed by atoms with van der Waals surface area (Å²) >= 11 is 0. The van der Waals surface area contributed by atoms with Crippen molar-refractivity contribution in [2.24, 2.45) is 0 Å². The maximum atomic E-state index is 11.9. The Bertz CT molecular complexity index is 816. The van der Waals surface area contributed by atoms with Crippen LogP contribution in [0.1, 0.15) is 16.8 Å². The third kappa shape index (κ3) is 3.44. The van der Waals surface area contributed by atoms with Gasteiger partial charge in [-0.1, -0.05) is 36.4 Å². The topological polar surface area (TPSA) is 44.9 Å². The fraction of sp³-hybridized carbons (Fsp3) is 0.105. The second-order valence-electron chi connectivity index (χ2n) is 5.34. The van der Waals surface area contributed by atoms with Crippen molar-refractivity contribution >= 4 is 22.9 Å². The van der Waals surface area contributed by atoms with Crippen molar-refractivity contribution in [3.63, 3.8) is 0 Å². The maximum Gasteiger partial charge on any atom is 0.244 e. The highest BCUT2D eigenvalue weighted by molar-refractivity contribution is 5.91. The number of benzene rings is 2. The van der Waals surface area contributed by atoms with Gasteiger partial charge in [-0.05, 0) is 47.7 Å². The van der Waals surface area contributed by atoms with E-state index in [-0.39, 0.29) is 5.91 Å². The number of nitrogens with one attached hydrogen (secondary N) is 2. The van der Waals surface area contributed by atoms with Gasteiger partial charge in [0.2, 0.25) is 5.91 Å². The van der Waals surface area contributed by atoms with Crippen LogP contribution in [0.2, 0.25) is 0 Å². The van der Waals surface area contributed by atoms with Gasteiger partial charge in [0.25, 0.3) is 0 Å². The molecule has 0 bridgehead atoms. The number of aromatic amines is 1. The zero-order valence-corrected chi connectivity index (χ0v) is 12.5. The van der Waals surface area contributed by atoms with Gasteiger partial charge in [-0.15, -0.1) is 0 Å². The van der Waals surface area contributed by atoms with E-state index in [0.29, 0.717) is 6.54 Å². The highest BCUT2D eigenvalue weighted by Crippen LogP contribution is 2.16. The fourth-order valence-corrected chi connectivity index (χ4v) is 2.42. The maximum absolute atomic E-state index is 11.9. The molecule has 0 radical (unpaired) electrons. The molecule has 0 aliphatic heterocycles. The SMILES string of the molecule is Cc1cc2cc(CNC(=O)C=Cc3ccccc3)ccc2[nH]1. The Labute approximate surface area is 129 Å². The molecular formula is C19H18N2O. The Balaban J connectivity index is 1.61. The third-order valence-electron chi connectivity index (χ3n) is 3.51. The van der Waals surface area contributed by atoms with E-state index in [4.69, 9.17) is 0 Å². The molecule has 0 saturated heterocycles. The van der Waals surface area contributed by atoms with Gasteiger partial charge in [-0.3, -0.25) is 4.79 Å². The van der Waals surface area contributed by atoms with Crippen molar-refractivity contribution in [2.75, 3.05) is 0 Å². The summed E-state index contributed by atoms with van der Waals surface area (Å²) in [5, 5.41) is 4.08. The number of H-pyrrole nitrogens is 1. The number of carbonyl (C=O) groups is 1. The predicted molar refractivity (Wildman–Crippen MR) is 90.4 cm³/mol. The molecule has 1 aromatic heterocycles. The molecule has 2 aromatic carbocycles. The molecule has 1 heterocycles. The molecule has 0 unspecified atom stereocenters. The van der Waals surface area contributed by atoms with Crippen LogP contribution in [0.25, 0.3) is 17.0 Å². The van der Waals surface area contributed by atoms with Crippen LogP contribution in [0.3, 0.4) is 0 Å². The number of aryl methyl sites for hydroxylation is 1. The lowest BCUT2D eigenvalue weighted by atomic mass is 10.1. The molecule has 110 valence electrons. The Hall–Kier alpha value is -2.81. The number of hydrogen-bond acceptors (Lipinski definition) is 1. The summed E-state index contributed by atoms with van der Waals surface area (Å²) in [4.78, 5) is 15.1. The Kier molecular flexibility index (Phi) is 4.05. The molecule has 0 aliphatic carbocycles. The number of carbonyl (C=O) groups excluding carboxylic acids is 1. The van der Waals surface area contributed by atoms with Gasteiger partial charge >= 0.3 is 0 Å². The molecule has 22 heavy (non-hydrogen) atoms. The number of rotatable bonds is 4. The molecule has 3 heteroatoms. The Morgan fingerprint density at radius 3 is 2.77 bits per heavy atom. The summed E-state index contributed by atoms with van der Waals surface area (Å²) in [6.45, 7) is 2.56. The summed E-state index contributed by atoms with van der Waals surface area (Å²) in [5.41, 5.74) is 4.37. The normalized spacial score (nSPS) is 11.1. The van der Waals surface area contributed by atoms with E-state index in [1.165, 1.54) is 5.39 Å². The van der Waals surface area contributed by atoms with Crippen LogP contribution in [0.15, 0.2) is 60.7 Å². The summed E-state index contributed by atoms with van der Waals surface area (Å²) < 4.78 is 0. The third-order valence-corrected chi connectivity index (χ3v) is 3.51. The average Bonchev–Trinajstić information content (AvgIpc) is 2.91. The number of aromatic nitrogens is 1. The van der Waals surface area contributed by atoms with Crippen molar-refractivity contribution in [1.82, 2.24) is 10.3 Å². The van der Waals surface area contributed by atoms with E-state index in [2.05, 4.69) is 22.4 Å². The zero-order chi connectivity index (χ0) is 15.4. The minimum absolute atomic E-state index is 0.0887. The molecular weight excluding hydrogens is 272 g/mol. The first-order chi connectivity index (χ1) is 10.7. The molecule has 3 aromatic rings. The molecule has 3 nitrogen and oxygen atoms in total. The van der Waals surface area contributed by atoms with E-state index in [1.54, 1.807) is 6.08 Å². The monoisotopic (exact) mass is 290 g/mol. The summed E-state index contributed by atoms with van der Waals surface area (Å²) in [5.74, 6) is -0.0887. The van der Waals surface area contributed by atoms with Gasteiger partial charge in [-0.25, -0.2) is 0 Å². The molecule has 0 spiro atoms. The molecule has 1 amide bonds. The molecule has 2 N–H and O–H groups in total. The van der Waals surface area contributed by atoms with Crippen molar-refractivity contribution in [2.45, 2.75) is 13.5 Å². The van der Waals surface area contributed by atoms with Crippen molar-refractivity contribution < 1.29 is 4.79 Å². The Morgan fingerprint density at radius 1 is 1.14 bits per heavy atom. The number of amides is 1. The van der Waals surface area contributed by atoms with Gasteiger partial charge < -0.3 is 10.3 Å². The van der Waals surface area contributed by atoms with Crippen LogP contribution in [0.5, 0.6) is 0 Å². The minimum Gasteiger partial charge on any atom is -0.359 e. The van der Waals surface area contributed by atoms with E-state index in [0.717, 1.165) is 22.3 Å². The van der Waals surface area contributed by atoms with Gasteiger partial charge in [0.15, 0.2) is 0 Å². The van der Waals surface area contributed by atoms with Crippen molar-refractivity contribution in [1.29, 1.82) is 0 Å². The number of fused-ring (bicyclic) bond motifs is 1. The first-order valence-electron chi connectivity index (χ1n) is 7.30. The van der Waals surface area contributed by atoms with Crippen LogP contribution >= 0.6 is 0 Å². The molecule has 0 atom stereocenters. The molecule has 0 fully saturated rings. The molecule has 3 rings (SSSR count). The van der Waals surface area contributed by atoms with Crippen molar-refractivity contribution in [3.8, 4) is 0 Å². The van der Waals surface area contributed by atoms with Gasteiger partial charge in [0.05, 0.1) is 0 Å². The quantitative estimate of drug-likeness (QED) is 0.705. The summed E-state index contributed by atoms with van der Waals surface area (Å²) in [6.07, 6.45) is 3.38. The molecule has 0 saturated carbocycles. The standard InChI is InChI=1S/C19H18N2O/c1-14-11-17-12-16(7-9-18(17)21-14)13-20-19(22)10-8-15-5-3-2-4-6-15/h2-12,21H,13H2,1H3,(H,20,22). The van der Waals surface area contributed by atoms with Crippen LogP contribution in [0, 0.1) is 6.92 Å². The lowest BCUT2D eigenvalue weighted by molar-refractivity contribution is -0.116. The van der Waals surface area contributed by atoms with E-state index < -0.39 is 0 Å². The predicted octanol–water partition coefficient (Wildman–Crippen LogP) is 3.81. The van der Waals surface area contributed by atoms with Crippen LogP contribution < -0.4 is 5.32 Å². The second kappa shape index (κ2) is 6.31. The minimum atomic E-state index is -0.0887. The van der Waals surface area contributed by atoms with Gasteiger partial charge in [-0.2, -0.15) is 0 Å². The lowest BCUT2D eigenvalue weighted by Crippen LogP contribution is -2.20.